The van der Waals surface area contributed by atoms with Crippen LogP contribution in [-0.2, 0) is 0 Å². The number of halogens is 3. The Morgan fingerprint density at radius 1 is 1.23 bits per heavy atom. The number of benzene rings is 1. The van der Waals surface area contributed by atoms with Gasteiger partial charge in [-0.25, -0.2) is 4.79 Å². The van der Waals surface area contributed by atoms with Crippen molar-refractivity contribution in [2.75, 3.05) is 25.5 Å². The maximum absolute atomic E-state index is 12.0. The van der Waals surface area contributed by atoms with Crippen LogP contribution in [0.2, 0.25) is 0 Å². The molecule has 2 amide bonds. The number of carbonyl (C=O) groups excluding carboxylic acids is 1. The van der Waals surface area contributed by atoms with E-state index in [1.165, 1.54) is 12.1 Å². The summed E-state index contributed by atoms with van der Waals surface area (Å²) in [5.74, 6) is -0.325. The van der Waals surface area contributed by atoms with Crippen LogP contribution in [-0.4, -0.2) is 43.5 Å². The molecule has 0 aromatic heterocycles. The minimum absolute atomic E-state index is 0.115. The Bertz CT molecular complexity index is 497. The summed E-state index contributed by atoms with van der Waals surface area (Å²) >= 11 is 0. The molecule has 0 radical (unpaired) electrons. The lowest BCUT2D eigenvalue weighted by Gasteiger charge is -2.29. The van der Waals surface area contributed by atoms with Crippen molar-refractivity contribution in [3.05, 3.63) is 24.3 Å². The van der Waals surface area contributed by atoms with Crippen molar-refractivity contribution in [2.45, 2.75) is 25.2 Å². The second-order valence-electron chi connectivity index (χ2n) is 5.25. The number of ether oxygens (including phenoxy) is 1. The van der Waals surface area contributed by atoms with Crippen LogP contribution in [0.1, 0.15) is 12.8 Å². The summed E-state index contributed by atoms with van der Waals surface area (Å²) in [6.45, 7) is 1.85. The van der Waals surface area contributed by atoms with Gasteiger partial charge in [-0.05, 0) is 57.2 Å². The van der Waals surface area contributed by atoms with Crippen molar-refractivity contribution in [2.24, 2.45) is 0 Å². The highest BCUT2D eigenvalue weighted by Gasteiger charge is 2.31. The van der Waals surface area contributed by atoms with Crippen LogP contribution in [0.25, 0.3) is 0 Å². The Labute approximate surface area is 126 Å². The molecule has 0 spiro atoms. The van der Waals surface area contributed by atoms with Gasteiger partial charge in [0.15, 0.2) is 0 Å². The molecular weight excluding hydrogens is 299 g/mol. The lowest BCUT2D eigenvalue weighted by molar-refractivity contribution is -0.274. The van der Waals surface area contributed by atoms with Crippen LogP contribution >= 0.6 is 0 Å². The fourth-order valence-corrected chi connectivity index (χ4v) is 2.25. The Hall–Kier alpha value is -1.96. The Morgan fingerprint density at radius 2 is 1.82 bits per heavy atom. The van der Waals surface area contributed by atoms with Crippen molar-refractivity contribution in [3.8, 4) is 5.75 Å². The molecule has 2 rings (SSSR count). The highest BCUT2D eigenvalue weighted by Crippen LogP contribution is 2.23. The summed E-state index contributed by atoms with van der Waals surface area (Å²) in [7, 11) is 2.03. The zero-order valence-electron chi connectivity index (χ0n) is 12.1. The first kappa shape index (κ1) is 16.4. The summed E-state index contributed by atoms with van der Waals surface area (Å²) in [6.07, 6.45) is -2.97. The van der Waals surface area contributed by atoms with Crippen LogP contribution in [0, 0.1) is 0 Å². The fourth-order valence-electron chi connectivity index (χ4n) is 2.25. The summed E-state index contributed by atoms with van der Waals surface area (Å²) in [4.78, 5) is 14.0. The second-order valence-corrected chi connectivity index (χ2v) is 5.25. The SMILES string of the molecule is CN1CCC(NC(=O)Nc2ccc(OC(F)(F)F)cc2)CC1. The fraction of sp³-hybridized carbons (Fsp3) is 0.500. The van der Waals surface area contributed by atoms with E-state index in [2.05, 4.69) is 20.3 Å². The molecule has 22 heavy (non-hydrogen) atoms. The van der Waals surface area contributed by atoms with E-state index < -0.39 is 6.36 Å². The average Bonchev–Trinajstić information content (AvgIpc) is 2.42. The summed E-state index contributed by atoms with van der Waals surface area (Å²) in [5, 5.41) is 5.44. The van der Waals surface area contributed by atoms with Crippen molar-refractivity contribution in [1.29, 1.82) is 0 Å². The molecule has 0 atom stereocenters. The molecule has 1 heterocycles. The summed E-state index contributed by atoms with van der Waals surface area (Å²) in [5.41, 5.74) is 0.403. The second kappa shape index (κ2) is 6.87. The van der Waals surface area contributed by atoms with E-state index in [4.69, 9.17) is 0 Å². The van der Waals surface area contributed by atoms with Gasteiger partial charge in [0, 0.05) is 11.7 Å². The molecule has 0 bridgehead atoms. The molecule has 0 saturated carbocycles. The number of anilines is 1. The van der Waals surface area contributed by atoms with Gasteiger partial charge in [0.1, 0.15) is 5.75 Å². The zero-order chi connectivity index (χ0) is 16.2. The van der Waals surface area contributed by atoms with Gasteiger partial charge >= 0.3 is 12.4 Å². The van der Waals surface area contributed by atoms with Crippen molar-refractivity contribution >= 4 is 11.7 Å². The quantitative estimate of drug-likeness (QED) is 0.901. The van der Waals surface area contributed by atoms with Gasteiger partial charge in [-0.15, -0.1) is 13.2 Å². The van der Waals surface area contributed by atoms with Crippen LogP contribution in [0.3, 0.4) is 0 Å². The molecule has 122 valence electrons. The van der Waals surface area contributed by atoms with Gasteiger partial charge in [-0.2, -0.15) is 0 Å². The number of nitrogens with zero attached hydrogens (tertiary/aromatic N) is 1. The smallest absolute Gasteiger partial charge is 0.406 e. The van der Waals surface area contributed by atoms with E-state index >= 15 is 0 Å². The molecule has 1 saturated heterocycles. The number of alkyl halides is 3. The first-order valence-corrected chi connectivity index (χ1v) is 6.94. The van der Waals surface area contributed by atoms with Crippen LogP contribution in [0.5, 0.6) is 5.75 Å². The topological polar surface area (TPSA) is 53.6 Å². The van der Waals surface area contributed by atoms with E-state index in [0.29, 0.717) is 5.69 Å². The van der Waals surface area contributed by atoms with E-state index in [1.54, 1.807) is 0 Å². The molecule has 1 aliphatic rings. The van der Waals surface area contributed by atoms with E-state index in [1.807, 2.05) is 7.05 Å². The molecule has 0 unspecified atom stereocenters. The molecular formula is C14H18F3N3O2. The Morgan fingerprint density at radius 3 is 2.36 bits per heavy atom. The minimum Gasteiger partial charge on any atom is -0.406 e. The van der Waals surface area contributed by atoms with Crippen LogP contribution in [0.15, 0.2) is 24.3 Å². The third kappa shape index (κ3) is 5.44. The van der Waals surface area contributed by atoms with Crippen molar-refractivity contribution < 1.29 is 22.7 Å². The molecule has 1 aliphatic heterocycles. The predicted molar refractivity (Wildman–Crippen MR) is 75.8 cm³/mol. The number of nitrogens with one attached hydrogen (secondary N) is 2. The number of likely N-dealkylation sites (tertiary alicyclic amines) is 1. The maximum atomic E-state index is 12.0. The molecule has 1 fully saturated rings. The minimum atomic E-state index is -4.72. The summed E-state index contributed by atoms with van der Waals surface area (Å²) in [6, 6.07) is 4.77. The van der Waals surface area contributed by atoms with Gasteiger partial charge in [-0.3, -0.25) is 0 Å². The lowest BCUT2D eigenvalue weighted by Crippen LogP contribution is -2.44. The molecule has 1 aromatic rings. The third-order valence-corrected chi connectivity index (χ3v) is 3.40. The van der Waals surface area contributed by atoms with Gasteiger partial charge in [-0.1, -0.05) is 0 Å². The molecule has 5 nitrogen and oxygen atoms in total. The monoisotopic (exact) mass is 317 g/mol. The number of amides is 2. The number of hydrogen-bond donors (Lipinski definition) is 2. The van der Waals surface area contributed by atoms with Gasteiger partial charge in [0.2, 0.25) is 0 Å². The number of carbonyl (C=O) groups is 1. The van der Waals surface area contributed by atoms with Gasteiger partial charge in [0.25, 0.3) is 0 Å². The van der Waals surface area contributed by atoms with E-state index in [-0.39, 0.29) is 17.8 Å². The van der Waals surface area contributed by atoms with Crippen LogP contribution in [0.4, 0.5) is 23.7 Å². The first-order chi connectivity index (χ1) is 10.3. The van der Waals surface area contributed by atoms with Gasteiger partial charge < -0.3 is 20.3 Å². The highest BCUT2D eigenvalue weighted by molar-refractivity contribution is 5.89. The molecule has 8 heteroatoms. The molecule has 0 aliphatic carbocycles. The zero-order valence-corrected chi connectivity index (χ0v) is 12.1. The number of piperidine rings is 1. The number of hydrogen-bond acceptors (Lipinski definition) is 3. The highest BCUT2D eigenvalue weighted by atomic mass is 19.4. The Kier molecular flexibility index (Phi) is 5.12. The lowest BCUT2D eigenvalue weighted by atomic mass is 10.1. The normalized spacial score (nSPS) is 17.1. The van der Waals surface area contributed by atoms with Gasteiger partial charge in [0.05, 0.1) is 0 Å². The largest absolute Gasteiger partial charge is 0.573 e. The number of rotatable bonds is 3. The average molecular weight is 317 g/mol. The predicted octanol–water partition coefficient (Wildman–Crippen LogP) is 2.80. The Balaban J connectivity index is 1.81. The third-order valence-electron chi connectivity index (χ3n) is 3.40. The van der Waals surface area contributed by atoms with Crippen molar-refractivity contribution in [1.82, 2.24) is 10.2 Å². The molecule has 2 N–H and O–H groups in total. The maximum Gasteiger partial charge on any atom is 0.573 e. The number of urea groups is 1. The standard InChI is InChI=1S/C14H18F3N3O2/c1-20-8-6-11(7-9-20)19-13(21)18-10-2-4-12(5-3-10)22-14(15,16)17/h2-5,11H,6-9H2,1H3,(H2,18,19,21). The van der Waals surface area contributed by atoms with E-state index in [0.717, 1.165) is 38.1 Å². The summed E-state index contributed by atoms with van der Waals surface area (Å²) < 4.78 is 39.9. The molecule has 1 aromatic carbocycles. The van der Waals surface area contributed by atoms with Crippen molar-refractivity contribution in [3.63, 3.8) is 0 Å². The first-order valence-electron chi connectivity index (χ1n) is 6.94. The van der Waals surface area contributed by atoms with E-state index in [9.17, 15) is 18.0 Å². The van der Waals surface area contributed by atoms with Crippen LogP contribution < -0.4 is 15.4 Å².